The van der Waals surface area contributed by atoms with Gasteiger partial charge in [-0.2, -0.15) is 5.10 Å². The van der Waals surface area contributed by atoms with Crippen LogP contribution in [-0.4, -0.2) is 27.8 Å². The van der Waals surface area contributed by atoms with E-state index in [1.54, 1.807) is 6.07 Å². The molecule has 4 heteroatoms. The van der Waals surface area contributed by atoms with Gasteiger partial charge in [0.05, 0.1) is 12.2 Å². The summed E-state index contributed by atoms with van der Waals surface area (Å²) in [7, 11) is 0. The van der Waals surface area contributed by atoms with E-state index >= 15 is 0 Å². The normalized spacial score (nSPS) is 18.3. The van der Waals surface area contributed by atoms with Crippen molar-refractivity contribution >= 4 is 0 Å². The first-order chi connectivity index (χ1) is 9.15. The molecule has 0 radical (unpaired) electrons. The summed E-state index contributed by atoms with van der Waals surface area (Å²) in [5.74, 6) is -0.117. The van der Waals surface area contributed by atoms with Crippen molar-refractivity contribution in [3.05, 3.63) is 53.6 Å². The van der Waals surface area contributed by atoms with Gasteiger partial charge in [-0.3, -0.25) is 9.58 Å². The number of halogens is 1. The molecule has 19 heavy (non-hydrogen) atoms. The summed E-state index contributed by atoms with van der Waals surface area (Å²) in [6, 6.07) is 7.56. The number of rotatable bonds is 3. The van der Waals surface area contributed by atoms with Gasteiger partial charge in [0.15, 0.2) is 0 Å². The molecule has 0 bridgehead atoms. The number of benzene rings is 1. The number of likely N-dealkylation sites (tertiary alicyclic amines) is 1. The fourth-order valence-corrected chi connectivity index (χ4v) is 2.61. The number of aromatic nitrogens is 2. The van der Waals surface area contributed by atoms with Crippen LogP contribution in [0, 0.1) is 12.7 Å². The van der Waals surface area contributed by atoms with Crippen LogP contribution in [0.3, 0.4) is 0 Å². The van der Waals surface area contributed by atoms with Gasteiger partial charge >= 0.3 is 0 Å². The molecule has 3 rings (SSSR count). The van der Waals surface area contributed by atoms with Crippen molar-refractivity contribution in [3.63, 3.8) is 0 Å². The summed E-state index contributed by atoms with van der Waals surface area (Å²) in [6.45, 7) is 5.96. The molecule has 1 atom stereocenters. The van der Waals surface area contributed by atoms with Gasteiger partial charge in [-0.1, -0.05) is 18.2 Å². The van der Waals surface area contributed by atoms with Crippen molar-refractivity contribution in [2.75, 3.05) is 13.1 Å². The van der Waals surface area contributed by atoms with Gasteiger partial charge in [0, 0.05) is 30.9 Å². The zero-order valence-corrected chi connectivity index (χ0v) is 11.3. The molecule has 1 saturated heterocycles. The van der Waals surface area contributed by atoms with Crippen LogP contribution in [-0.2, 0) is 0 Å². The van der Waals surface area contributed by atoms with Crippen LogP contribution < -0.4 is 0 Å². The molecule has 0 aliphatic carbocycles. The van der Waals surface area contributed by atoms with Gasteiger partial charge in [0.25, 0.3) is 0 Å². The summed E-state index contributed by atoms with van der Waals surface area (Å²) in [6.07, 6.45) is 3.94. The maximum atomic E-state index is 13.7. The number of hydrogen-bond acceptors (Lipinski definition) is 2. The van der Waals surface area contributed by atoms with Crippen molar-refractivity contribution in [3.8, 4) is 0 Å². The van der Waals surface area contributed by atoms with E-state index in [0.29, 0.717) is 6.04 Å². The van der Waals surface area contributed by atoms with E-state index in [-0.39, 0.29) is 11.9 Å². The van der Waals surface area contributed by atoms with Crippen LogP contribution in [0.5, 0.6) is 0 Å². The average molecular weight is 259 g/mol. The number of aryl methyl sites for hydroxylation is 1. The molecule has 0 spiro atoms. The first-order valence-electron chi connectivity index (χ1n) is 6.64. The van der Waals surface area contributed by atoms with Crippen molar-refractivity contribution in [2.45, 2.75) is 25.9 Å². The minimum Gasteiger partial charge on any atom is -0.292 e. The van der Waals surface area contributed by atoms with Crippen molar-refractivity contribution in [2.24, 2.45) is 0 Å². The topological polar surface area (TPSA) is 21.1 Å². The maximum absolute atomic E-state index is 13.7. The number of hydrogen-bond donors (Lipinski definition) is 0. The van der Waals surface area contributed by atoms with E-state index in [1.807, 2.05) is 29.9 Å². The Morgan fingerprint density at radius 3 is 2.68 bits per heavy atom. The molecular weight excluding hydrogens is 241 g/mol. The molecular formula is C15H18FN3. The zero-order chi connectivity index (χ0) is 13.4. The van der Waals surface area contributed by atoms with Gasteiger partial charge in [-0.15, -0.1) is 0 Å². The Balaban J connectivity index is 1.66. The van der Waals surface area contributed by atoms with E-state index in [9.17, 15) is 4.39 Å². The summed E-state index contributed by atoms with van der Waals surface area (Å²) in [5.41, 5.74) is 1.96. The van der Waals surface area contributed by atoms with Crippen LogP contribution in [0.4, 0.5) is 4.39 Å². The molecule has 0 N–H and O–H groups in total. The lowest BCUT2D eigenvalue weighted by molar-refractivity contribution is 0.0582. The molecule has 1 aromatic carbocycles. The summed E-state index contributed by atoms with van der Waals surface area (Å²) >= 11 is 0. The molecule has 1 fully saturated rings. The van der Waals surface area contributed by atoms with Gasteiger partial charge in [0.2, 0.25) is 0 Å². The van der Waals surface area contributed by atoms with Crippen LogP contribution in [0.15, 0.2) is 36.7 Å². The molecule has 1 unspecified atom stereocenters. The Hall–Kier alpha value is -1.68. The molecule has 0 saturated carbocycles. The van der Waals surface area contributed by atoms with Crippen LogP contribution in [0.25, 0.3) is 0 Å². The lowest BCUT2D eigenvalue weighted by Crippen LogP contribution is -2.48. The first kappa shape index (κ1) is 12.4. The van der Waals surface area contributed by atoms with Gasteiger partial charge in [0.1, 0.15) is 5.82 Å². The second-order valence-electron chi connectivity index (χ2n) is 5.30. The predicted molar refractivity (Wildman–Crippen MR) is 72.4 cm³/mol. The number of nitrogens with zero attached hydrogens (tertiary/aromatic N) is 3. The molecule has 2 aromatic rings. The lowest BCUT2D eigenvalue weighted by atomic mass is 10.0. The lowest BCUT2D eigenvalue weighted by Gasteiger charge is -2.43. The minimum absolute atomic E-state index is 0.117. The fourth-order valence-electron chi connectivity index (χ4n) is 2.61. The van der Waals surface area contributed by atoms with Crippen LogP contribution >= 0.6 is 0 Å². The highest BCUT2D eigenvalue weighted by molar-refractivity contribution is 5.21. The fraction of sp³-hybridized carbons (Fsp3) is 0.400. The summed E-state index contributed by atoms with van der Waals surface area (Å²) in [4.78, 5) is 2.28. The molecule has 1 aliphatic rings. The smallest absolute Gasteiger partial charge is 0.127 e. The Morgan fingerprint density at radius 1 is 1.32 bits per heavy atom. The average Bonchev–Trinajstić information content (AvgIpc) is 2.74. The minimum atomic E-state index is -0.117. The third kappa shape index (κ3) is 2.28. The molecule has 1 aliphatic heterocycles. The van der Waals surface area contributed by atoms with E-state index in [2.05, 4.69) is 23.1 Å². The Morgan fingerprint density at radius 2 is 2.05 bits per heavy atom. The molecule has 2 heterocycles. The SMILES string of the molecule is Cc1cnn(C2CN(C(C)c3ccccc3F)C2)c1. The standard InChI is InChI=1S/C15H18FN3/c1-11-7-17-19(8-11)13-9-18(10-13)12(2)14-5-3-4-6-15(14)16/h3-8,12-13H,9-10H2,1-2H3. The predicted octanol–water partition coefficient (Wildman–Crippen LogP) is 2.95. The maximum Gasteiger partial charge on any atom is 0.127 e. The highest BCUT2D eigenvalue weighted by Gasteiger charge is 2.33. The largest absolute Gasteiger partial charge is 0.292 e. The van der Waals surface area contributed by atoms with Crippen molar-refractivity contribution in [1.29, 1.82) is 0 Å². The first-order valence-corrected chi connectivity index (χ1v) is 6.64. The van der Waals surface area contributed by atoms with Gasteiger partial charge in [-0.25, -0.2) is 4.39 Å². The summed E-state index contributed by atoms with van der Waals surface area (Å²) < 4.78 is 15.8. The van der Waals surface area contributed by atoms with Crippen LogP contribution in [0.2, 0.25) is 0 Å². The second kappa shape index (κ2) is 4.78. The van der Waals surface area contributed by atoms with Gasteiger partial charge in [-0.05, 0) is 25.5 Å². The van der Waals surface area contributed by atoms with E-state index in [4.69, 9.17) is 0 Å². The molecule has 100 valence electrons. The summed E-state index contributed by atoms with van der Waals surface area (Å²) in [5, 5.41) is 4.34. The van der Waals surface area contributed by atoms with Gasteiger partial charge < -0.3 is 0 Å². The third-order valence-electron chi connectivity index (χ3n) is 3.90. The Kier molecular flexibility index (Phi) is 3.11. The van der Waals surface area contributed by atoms with Crippen LogP contribution in [0.1, 0.15) is 30.1 Å². The highest BCUT2D eigenvalue weighted by atomic mass is 19.1. The zero-order valence-electron chi connectivity index (χ0n) is 11.3. The highest BCUT2D eigenvalue weighted by Crippen LogP contribution is 2.31. The monoisotopic (exact) mass is 259 g/mol. The Bertz CT molecular complexity index is 572. The molecule has 1 aromatic heterocycles. The van der Waals surface area contributed by atoms with Crippen molar-refractivity contribution in [1.82, 2.24) is 14.7 Å². The van der Waals surface area contributed by atoms with Crippen molar-refractivity contribution < 1.29 is 4.39 Å². The molecule has 0 amide bonds. The second-order valence-corrected chi connectivity index (χ2v) is 5.30. The van der Waals surface area contributed by atoms with E-state index in [1.165, 1.54) is 11.6 Å². The third-order valence-corrected chi connectivity index (χ3v) is 3.90. The molecule has 3 nitrogen and oxygen atoms in total. The quantitative estimate of drug-likeness (QED) is 0.845. The van der Waals surface area contributed by atoms with E-state index in [0.717, 1.165) is 18.7 Å². The van der Waals surface area contributed by atoms with E-state index < -0.39 is 0 Å². The Labute approximate surface area is 112 Å².